The fourth-order valence-electron chi connectivity index (χ4n) is 2.33. The molecule has 3 rings (SSSR count). The molecule has 0 radical (unpaired) electrons. The lowest BCUT2D eigenvalue weighted by Gasteiger charge is -2.08. The molecule has 2 heteroatoms. The van der Waals surface area contributed by atoms with Crippen molar-refractivity contribution in [2.45, 2.75) is 23.1 Å². The Morgan fingerprint density at radius 3 is 2.43 bits per heavy atom. The van der Waals surface area contributed by atoms with Crippen molar-refractivity contribution in [2.24, 2.45) is 0 Å². The fraction of sp³-hybridized carbons (Fsp3) is 0.105. The summed E-state index contributed by atoms with van der Waals surface area (Å²) in [4.78, 5) is 14.2. The third-order valence-electron chi connectivity index (χ3n) is 3.46. The highest BCUT2D eigenvalue weighted by Crippen LogP contribution is 2.32. The zero-order valence-electron chi connectivity index (χ0n) is 11.9. The van der Waals surface area contributed by atoms with Gasteiger partial charge in [0.1, 0.15) is 0 Å². The van der Waals surface area contributed by atoms with E-state index in [4.69, 9.17) is 0 Å². The van der Waals surface area contributed by atoms with Crippen molar-refractivity contribution in [3.63, 3.8) is 0 Å². The van der Waals surface area contributed by atoms with Crippen LogP contribution < -0.4 is 0 Å². The van der Waals surface area contributed by atoms with Crippen molar-refractivity contribution in [1.29, 1.82) is 0 Å². The minimum Gasteiger partial charge on any atom is -0.294 e. The van der Waals surface area contributed by atoms with Crippen LogP contribution in [0.3, 0.4) is 0 Å². The first-order valence-corrected chi connectivity index (χ1v) is 7.88. The van der Waals surface area contributed by atoms with Crippen LogP contribution in [0.15, 0.2) is 76.5 Å². The summed E-state index contributed by atoms with van der Waals surface area (Å²) in [5.74, 6) is 0.193. The highest BCUT2D eigenvalue weighted by Gasteiger charge is 2.10. The van der Waals surface area contributed by atoms with Crippen molar-refractivity contribution in [3.8, 4) is 0 Å². The summed E-state index contributed by atoms with van der Waals surface area (Å²) < 4.78 is 0. The van der Waals surface area contributed by atoms with E-state index in [0.717, 1.165) is 15.4 Å². The smallest absolute Gasteiger partial charge is 0.163 e. The lowest BCUT2D eigenvalue weighted by atomic mass is 10.1. The summed E-state index contributed by atoms with van der Waals surface area (Å²) in [5, 5.41) is 2.46. The number of benzene rings is 3. The molecule has 0 N–H and O–H groups in total. The number of fused-ring (bicyclic) bond motifs is 1. The van der Waals surface area contributed by atoms with Crippen LogP contribution in [0.5, 0.6) is 0 Å². The van der Waals surface area contributed by atoms with Gasteiger partial charge in [0.15, 0.2) is 5.78 Å². The molecule has 0 heterocycles. The molecule has 0 aliphatic rings. The fourth-order valence-corrected chi connectivity index (χ4v) is 3.35. The van der Waals surface area contributed by atoms with E-state index in [0.29, 0.717) is 6.42 Å². The Morgan fingerprint density at radius 1 is 0.905 bits per heavy atom. The second-order valence-corrected chi connectivity index (χ2v) is 6.00. The van der Waals surface area contributed by atoms with Crippen molar-refractivity contribution in [3.05, 3.63) is 72.3 Å². The zero-order chi connectivity index (χ0) is 14.7. The monoisotopic (exact) mass is 292 g/mol. The van der Waals surface area contributed by atoms with Gasteiger partial charge in [-0.05, 0) is 29.0 Å². The van der Waals surface area contributed by atoms with Gasteiger partial charge in [-0.2, -0.15) is 0 Å². The second kappa shape index (κ2) is 6.15. The van der Waals surface area contributed by atoms with E-state index in [1.54, 1.807) is 11.8 Å². The molecule has 3 aromatic rings. The predicted octanol–water partition coefficient (Wildman–Crippen LogP) is 5.58. The van der Waals surface area contributed by atoms with Gasteiger partial charge in [-0.15, -0.1) is 0 Å². The van der Waals surface area contributed by atoms with Crippen LogP contribution in [0.4, 0.5) is 0 Å². The Kier molecular flexibility index (Phi) is 4.07. The van der Waals surface area contributed by atoms with Gasteiger partial charge < -0.3 is 0 Å². The highest BCUT2D eigenvalue weighted by atomic mass is 32.2. The number of hydrogen-bond acceptors (Lipinski definition) is 2. The SMILES string of the molecule is CCC(=O)c1ccccc1Sc1ccc2ccccc2c1. The molecule has 0 unspecified atom stereocenters. The number of rotatable bonds is 4. The van der Waals surface area contributed by atoms with Crippen LogP contribution in [-0.2, 0) is 0 Å². The van der Waals surface area contributed by atoms with Gasteiger partial charge in [0.25, 0.3) is 0 Å². The molecule has 0 saturated carbocycles. The quantitative estimate of drug-likeness (QED) is 0.584. The molecule has 0 amide bonds. The molecule has 0 aliphatic heterocycles. The van der Waals surface area contributed by atoms with E-state index >= 15 is 0 Å². The Labute approximate surface area is 129 Å². The molecular formula is C19H16OS. The van der Waals surface area contributed by atoms with Crippen molar-refractivity contribution >= 4 is 28.3 Å². The van der Waals surface area contributed by atoms with E-state index in [2.05, 4.69) is 30.3 Å². The average Bonchev–Trinajstić information content (AvgIpc) is 2.54. The minimum absolute atomic E-state index is 0.193. The summed E-state index contributed by atoms with van der Waals surface area (Å²) in [6, 6.07) is 22.6. The van der Waals surface area contributed by atoms with E-state index in [1.807, 2.05) is 43.3 Å². The normalized spacial score (nSPS) is 10.7. The standard InChI is InChI=1S/C19H16OS/c1-2-18(20)17-9-5-6-10-19(17)21-16-12-11-14-7-3-4-8-15(14)13-16/h3-13H,2H2,1H3. The van der Waals surface area contributed by atoms with Gasteiger partial charge in [0.05, 0.1) is 0 Å². The van der Waals surface area contributed by atoms with Crippen LogP contribution in [0, 0.1) is 0 Å². The molecule has 104 valence electrons. The number of Topliss-reactive ketones (excluding diaryl/α,β-unsaturated/α-hetero) is 1. The first-order chi connectivity index (χ1) is 10.3. The topological polar surface area (TPSA) is 17.1 Å². The molecule has 0 spiro atoms. The summed E-state index contributed by atoms with van der Waals surface area (Å²) in [6.45, 7) is 1.90. The average molecular weight is 292 g/mol. The number of carbonyl (C=O) groups is 1. The van der Waals surface area contributed by atoms with Crippen molar-refractivity contribution in [2.75, 3.05) is 0 Å². The summed E-state index contributed by atoms with van der Waals surface area (Å²) in [7, 11) is 0. The van der Waals surface area contributed by atoms with Crippen LogP contribution in [0.1, 0.15) is 23.7 Å². The van der Waals surface area contributed by atoms with E-state index in [9.17, 15) is 4.79 Å². The molecule has 0 fully saturated rings. The molecule has 0 atom stereocenters. The molecule has 0 saturated heterocycles. The molecule has 0 aliphatic carbocycles. The number of carbonyl (C=O) groups excluding carboxylic acids is 1. The third kappa shape index (κ3) is 3.01. The molecule has 0 bridgehead atoms. The predicted molar refractivity (Wildman–Crippen MR) is 89.1 cm³/mol. The van der Waals surface area contributed by atoms with E-state index in [-0.39, 0.29) is 5.78 Å². The van der Waals surface area contributed by atoms with Gasteiger partial charge in [-0.25, -0.2) is 0 Å². The second-order valence-electron chi connectivity index (χ2n) is 4.88. The van der Waals surface area contributed by atoms with Gasteiger partial charge in [-0.1, -0.05) is 67.2 Å². The first kappa shape index (κ1) is 13.9. The number of hydrogen-bond donors (Lipinski definition) is 0. The lowest BCUT2D eigenvalue weighted by Crippen LogP contribution is -1.98. The van der Waals surface area contributed by atoms with Crippen LogP contribution in [0.2, 0.25) is 0 Å². The maximum Gasteiger partial charge on any atom is 0.163 e. The van der Waals surface area contributed by atoms with Crippen molar-refractivity contribution in [1.82, 2.24) is 0 Å². The Balaban J connectivity index is 1.97. The van der Waals surface area contributed by atoms with Crippen LogP contribution >= 0.6 is 11.8 Å². The van der Waals surface area contributed by atoms with Gasteiger partial charge in [0, 0.05) is 21.8 Å². The van der Waals surface area contributed by atoms with Crippen LogP contribution in [-0.4, -0.2) is 5.78 Å². The highest BCUT2D eigenvalue weighted by molar-refractivity contribution is 7.99. The molecular weight excluding hydrogens is 276 g/mol. The largest absolute Gasteiger partial charge is 0.294 e. The lowest BCUT2D eigenvalue weighted by molar-refractivity contribution is 0.0985. The Morgan fingerprint density at radius 2 is 1.62 bits per heavy atom. The minimum atomic E-state index is 0.193. The van der Waals surface area contributed by atoms with Gasteiger partial charge >= 0.3 is 0 Å². The number of ketones is 1. The molecule has 3 aromatic carbocycles. The third-order valence-corrected chi connectivity index (χ3v) is 4.52. The Bertz CT molecular complexity index is 792. The summed E-state index contributed by atoms with van der Waals surface area (Å²) in [6.07, 6.45) is 0.537. The van der Waals surface area contributed by atoms with Crippen molar-refractivity contribution < 1.29 is 4.79 Å². The first-order valence-electron chi connectivity index (χ1n) is 7.07. The maximum absolute atomic E-state index is 12.0. The van der Waals surface area contributed by atoms with Gasteiger partial charge in [-0.3, -0.25) is 4.79 Å². The zero-order valence-corrected chi connectivity index (χ0v) is 12.7. The van der Waals surface area contributed by atoms with E-state index < -0.39 is 0 Å². The molecule has 21 heavy (non-hydrogen) atoms. The summed E-state index contributed by atoms with van der Waals surface area (Å²) in [5.41, 5.74) is 0.818. The van der Waals surface area contributed by atoms with Gasteiger partial charge in [0.2, 0.25) is 0 Å². The maximum atomic E-state index is 12.0. The van der Waals surface area contributed by atoms with Crippen LogP contribution in [0.25, 0.3) is 10.8 Å². The molecule has 0 aromatic heterocycles. The van der Waals surface area contributed by atoms with E-state index in [1.165, 1.54) is 10.8 Å². The summed E-state index contributed by atoms with van der Waals surface area (Å²) >= 11 is 1.65. The molecule has 1 nitrogen and oxygen atoms in total. The Hall–Kier alpha value is -2.06.